The summed E-state index contributed by atoms with van der Waals surface area (Å²) >= 11 is 0. The van der Waals surface area contributed by atoms with Crippen LogP contribution in [0.5, 0.6) is 5.75 Å². The summed E-state index contributed by atoms with van der Waals surface area (Å²) in [5.41, 5.74) is 4.36. The number of fused-ring (bicyclic) bond motifs is 1. The largest absolute Gasteiger partial charge is 0.449 e. The third-order valence-corrected chi connectivity index (χ3v) is 8.58. The number of para-hydroxylation sites is 2. The van der Waals surface area contributed by atoms with Crippen molar-refractivity contribution >= 4 is 23.6 Å². The van der Waals surface area contributed by atoms with Gasteiger partial charge in [-0.3, -0.25) is 19.4 Å². The zero-order valence-electron chi connectivity index (χ0n) is 25.1. The molecule has 6 heteroatoms. The summed E-state index contributed by atoms with van der Waals surface area (Å²) in [7, 11) is 0. The van der Waals surface area contributed by atoms with E-state index in [2.05, 4.69) is 30.1 Å². The highest BCUT2D eigenvalue weighted by atomic mass is 16.5. The normalized spacial score (nSPS) is 17.2. The molecule has 1 aliphatic carbocycles. The Morgan fingerprint density at radius 2 is 1.81 bits per heavy atom. The Bertz CT molecular complexity index is 1410. The van der Waals surface area contributed by atoms with Gasteiger partial charge in [0.1, 0.15) is 0 Å². The van der Waals surface area contributed by atoms with E-state index in [4.69, 9.17) is 4.74 Å². The van der Waals surface area contributed by atoms with E-state index in [0.717, 1.165) is 35.3 Å². The molecule has 220 valence electrons. The van der Waals surface area contributed by atoms with Crippen LogP contribution in [0.1, 0.15) is 79.4 Å². The summed E-state index contributed by atoms with van der Waals surface area (Å²) < 4.78 is 6.06. The zero-order valence-corrected chi connectivity index (χ0v) is 25.1. The summed E-state index contributed by atoms with van der Waals surface area (Å²) in [5.74, 6) is 0.629. The number of benzene rings is 3. The Balaban J connectivity index is 1.24. The first-order valence-corrected chi connectivity index (χ1v) is 15.4. The first-order chi connectivity index (χ1) is 20.4. The summed E-state index contributed by atoms with van der Waals surface area (Å²) in [6.07, 6.45) is 9.34. The van der Waals surface area contributed by atoms with Crippen molar-refractivity contribution in [2.24, 2.45) is 0 Å². The minimum absolute atomic E-state index is 0.0785. The van der Waals surface area contributed by atoms with Gasteiger partial charge in [0.15, 0.2) is 11.5 Å². The number of nitrogens with zero attached hydrogens (tertiary/aromatic N) is 2. The van der Waals surface area contributed by atoms with Crippen molar-refractivity contribution in [3.05, 3.63) is 101 Å². The summed E-state index contributed by atoms with van der Waals surface area (Å²) in [6.45, 7) is 8.53. The van der Waals surface area contributed by atoms with Crippen LogP contribution in [0.25, 0.3) is 6.08 Å². The molecule has 42 heavy (non-hydrogen) atoms. The van der Waals surface area contributed by atoms with Crippen molar-refractivity contribution in [1.82, 2.24) is 10.2 Å². The smallest absolute Gasteiger partial charge is 0.294 e. The predicted octanol–water partition coefficient (Wildman–Crippen LogP) is 7.12. The Morgan fingerprint density at radius 3 is 2.55 bits per heavy atom. The first kappa shape index (κ1) is 29.6. The van der Waals surface area contributed by atoms with Crippen LogP contribution in [-0.4, -0.2) is 41.9 Å². The Labute approximate surface area is 250 Å². The van der Waals surface area contributed by atoms with Crippen LogP contribution in [0.15, 0.2) is 78.6 Å². The first-order valence-electron chi connectivity index (χ1n) is 15.4. The molecule has 3 aromatic rings. The van der Waals surface area contributed by atoms with Crippen LogP contribution in [0, 0.1) is 6.92 Å². The van der Waals surface area contributed by atoms with Gasteiger partial charge in [0.2, 0.25) is 0 Å². The molecule has 2 aliphatic rings. The fourth-order valence-electron chi connectivity index (χ4n) is 6.10. The molecule has 1 atom stereocenters. The minimum atomic E-state index is -0.194. The van der Waals surface area contributed by atoms with E-state index < -0.39 is 0 Å². The maximum absolute atomic E-state index is 13.6. The molecule has 0 radical (unpaired) electrons. The molecule has 6 nitrogen and oxygen atoms in total. The van der Waals surface area contributed by atoms with Gasteiger partial charge < -0.3 is 10.1 Å². The number of anilines is 1. The molecule has 1 fully saturated rings. The lowest BCUT2D eigenvalue weighted by molar-refractivity contribution is -0.117. The molecule has 0 aromatic heterocycles. The summed E-state index contributed by atoms with van der Waals surface area (Å²) in [6, 6.07) is 24.3. The molecule has 2 amide bonds. The molecule has 1 aliphatic heterocycles. The Morgan fingerprint density at radius 1 is 1.05 bits per heavy atom. The van der Waals surface area contributed by atoms with Gasteiger partial charge in [-0.25, -0.2) is 0 Å². The Kier molecular flexibility index (Phi) is 9.75. The van der Waals surface area contributed by atoms with Crippen LogP contribution in [0.4, 0.5) is 5.69 Å². The summed E-state index contributed by atoms with van der Waals surface area (Å²) in [5, 5.41) is 3.12. The van der Waals surface area contributed by atoms with Crippen molar-refractivity contribution in [3.63, 3.8) is 0 Å². The standard InChI is InChI=1S/C36H43N3O3/c1-4-27(3)38(31-13-6-5-7-14-31)22-21-37-35(40)30-19-17-28(18-20-30)24-34-36(41)39(25-29-12-10-11-26(2)23-29)32-15-8-9-16-33(32)42-34/h8-12,15-20,23-24,27,31H,4-7,13-14,21-22,25H2,1-3H3,(H,37,40). The van der Waals surface area contributed by atoms with Crippen LogP contribution in [0.2, 0.25) is 0 Å². The van der Waals surface area contributed by atoms with E-state index in [1.807, 2.05) is 61.5 Å². The molecule has 1 heterocycles. The molecule has 1 saturated carbocycles. The van der Waals surface area contributed by atoms with Gasteiger partial charge in [0.25, 0.3) is 11.8 Å². The molecule has 1 N–H and O–H groups in total. The maximum Gasteiger partial charge on any atom is 0.294 e. The fraction of sp³-hybridized carbons (Fsp3) is 0.389. The Hall–Kier alpha value is -3.90. The number of nitrogens with one attached hydrogen (secondary N) is 1. The fourth-order valence-corrected chi connectivity index (χ4v) is 6.10. The van der Waals surface area contributed by atoms with E-state index in [1.165, 1.54) is 32.1 Å². The second-order valence-electron chi connectivity index (χ2n) is 11.6. The van der Waals surface area contributed by atoms with Crippen molar-refractivity contribution in [1.29, 1.82) is 0 Å². The quantitative estimate of drug-likeness (QED) is 0.266. The summed E-state index contributed by atoms with van der Waals surface area (Å²) in [4.78, 5) is 30.9. The third-order valence-electron chi connectivity index (χ3n) is 8.58. The van der Waals surface area contributed by atoms with Crippen LogP contribution in [0.3, 0.4) is 0 Å². The van der Waals surface area contributed by atoms with Crippen molar-refractivity contribution in [2.75, 3.05) is 18.0 Å². The molecule has 1 unspecified atom stereocenters. The van der Waals surface area contributed by atoms with Gasteiger partial charge in [-0.05, 0) is 74.6 Å². The van der Waals surface area contributed by atoms with Crippen molar-refractivity contribution < 1.29 is 14.3 Å². The lowest BCUT2D eigenvalue weighted by Crippen LogP contribution is -2.46. The average molecular weight is 566 g/mol. The maximum atomic E-state index is 13.6. The predicted molar refractivity (Wildman–Crippen MR) is 170 cm³/mol. The second-order valence-corrected chi connectivity index (χ2v) is 11.6. The topological polar surface area (TPSA) is 61.9 Å². The molecule has 3 aromatic carbocycles. The highest BCUT2D eigenvalue weighted by molar-refractivity contribution is 6.09. The van der Waals surface area contributed by atoms with Gasteiger partial charge in [-0.15, -0.1) is 0 Å². The molecule has 0 spiro atoms. The number of carbonyl (C=O) groups excluding carboxylic acids is 2. The van der Waals surface area contributed by atoms with Crippen molar-refractivity contribution in [2.45, 2.75) is 77.9 Å². The number of carbonyl (C=O) groups is 2. The lowest BCUT2D eigenvalue weighted by Gasteiger charge is -2.38. The SMILES string of the molecule is CCC(C)N(CCNC(=O)c1ccc(C=C2Oc3ccccc3N(Cc3cccc(C)c3)C2=O)cc1)C1CCCCC1. The molecule has 0 bridgehead atoms. The highest BCUT2D eigenvalue weighted by Gasteiger charge is 2.30. The van der Waals surface area contributed by atoms with Gasteiger partial charge >= 0.3 is 0 Å². The van der Waals surface area contributed by atoms with Crippen LogP contribution >= 0.6 is 0 Å². The minimum Gasteiger partial charge on any atom is -0.449 e. The van der Waals surface area contributed by atoms with Crippen molar-refractivity contribution in [3.8, 4) is 5.75 Å². The monoisotopic (exact) mass is 565 g/mol. The van der Waals surface area contributed by atoms with E-state index in [-0.39, 0.29) is 17.6 Å². The number of amides is 2. The van der Waals surface area contributed by atoms with E-state index in [1.54, 1.807) is 23.1 Å². The average Bonchev–Trinajstić information content (AvgIpc) is 3.01. The van der Waals surface area contributed by atoms with E-state index in [0.29, 0.717) is 36.5 Å². The second kappa shape index (κ2) is 13.8. The molecule has 0 saturated heterocycles. The van der Waals surface area contributed by atoms with Crippen LogP contribution < -0.4 is 15.0 Å². The highest BCUT2D eigenvalue weighted by Crippen LogP contribution is 2.36. The van der Waals surface area contributed by atoms with Gasteiger partial charge in [0, 0.05) is 30.7 Å². The third kappa shape index (κ3) is 7.11. The van der Waals surface area contributed by atoms with Gasteiger partial charge in [-0.2, -0.15) is 0 Å². The molecular formula is C36H43N3O3. The van der Waals surface area contributed by atoms with Gasteiger partial charge in [-0.1, -0.05) is 80.3 Å². The van der Waals surface area contributed by atoms with E-state index >= 15 is 0 Å². The van der Waals surface area contributed by atoms with Gasteiger partial charge in [0.05, 0.1) is 12.2 Å². The number of hydrogen-bond donors (Lipinski definition) is 1. The molecular weight excluding hydrogens is 522 g/mol. The zero-order chi connectivity index (χ0) is 29.5. The van der Waals surface area contributed by atoms with E-state index in [9.17, 15) is 9.59 Å². The van der Waals surface area contributed by atoms with Crippen LogP contribution in [-0.2, 0) is 11.3 Å². The molecule has 5 rings (SSSR count). The number of hydrogen-bond acceptors (Lipinski definition) is 4. The lowest BCUT2D eigenvalue weighted by atomic mass is 9.93. The number of aryl methyl sites for hydroxylation is 1. The number of rotatable bonds is 10. The number of ether oxygens (including phenoxy) is 1.